The highest BCUT2D eigenvalue weighted by molar-refractivity contribution is 9.10. The van der Waals surface area contributed by atoms with Crippen molar-refractivity contribution in [2.45, 2.75) is 19.6 Å². The molecule has 0 unspecified atom stereocenters. The first-order chi connectivity index (χ1) is 10.7. The van der Waals surface area contributed by atoms with Gasteiger partial charge in [-0.25, -0.2) is 0 Å². The summed E-state index contributed by atoms with van der Waals surface area (Å²) in [4.78, 5) is 0. The van der Waals surface area contributed by atoms with Gasteiger partial charge in [-0.1, -0.05) is 39.7 Å². The van der Waals surface area contributed by atoms with Crippen LogP contribution in [-0.2, 0) is 13.2 Å². The van der Waals surface area contributed by atoms with Gasteiger partial charge < -0.3 is 15.2 Å². The van der Waals surface area contributed by atoms with Crippen LogP contribution in [-0.4, -0.2) is 18.3 Å². The van der Waals surface area contributed by atoms with E-state index in [9.17, 15) is 0 Å². The summed E-state index contributed by atoms with van der Waals surface area (Å²) in [5.41, 5.74) is 2.16. The fourth-order valence-electron chi connectivity index (χ4n) is 2.00. The fraction of sp³-hybridized carbons (Fsp3) is 0.294. The van der Waals surface area contributed by atoms with Crippen LogP contribution >= 0.6 is 27.5 Å². The summed E-state index contributed by atoms with van der Waals surface area (Å²) in [5.74, 6) is 0.856. The Morgan fingerprint density at radius 1 is 1.14 bits per heavy atom. The summed E-state index contributed by atoms with van der Waals surface area (Å²) in [6.45, 7) is 2.18. The molecule has 118 valence electrons. The van der Waals surface area contributed by atoms with Crippen LogP contribution in [0.4, 0.5) is 0 Å². The Labute approximate surface area is 144 Å². The summed E-state index contributed by atoms with van der Waals surface area (Å²) in [7, 11) is 0. The van der Waals surface area contributed by atoms with Gasteiger partial charge in [0.2, 0.25) is 0 Å². The van der Waals surface area contributed by atoms with E-state index in [1.165, 1.54) is 0 Å². The van der Waals surface area contributed by atoms with Crippen LogP contribution in [0.2, 0.25) is 5.02 Å². The molecule has 0 aliphatic carbocycles. The second-order valence-corrected chi connectivity index (χ2v) is 6.27. The number of halogens is 2. The van der Waals surface area contributed by atoms with Crippen molar-refractivity contribution in [1.29, 1.82) is 0 Å². The SMILES string of the molecule is OCCCNCc1cc(Br)ccc1OCc1ccc(Cl)cc1. The predicted octanol–water partition coefficient (Wildman–Crippen LogP) is 4.15. The van der Waals surface area contributed by atoms with Crippen LogP contribution in [0, 0.1) is 0 Å². The molecule has 0 spiro atoms. The number of aliphatic hydroxyl groups excluding tert-OH is 1. The fourth-order valence-corrected chi connectivity index (χ4v) is 2.53. The topological polar surface area (TPSA) is 41.5 Å². The molecule has 0 saturated carbocycles. The van der Waals surface area contributed by atoms with Crippen LogP contribution in [0.3, 0.4) is 0 Å². The normalized spacial score (nSPS) is 10.7. The van der Waals surface area contributed by atoms with Gasteiger partial charge in [0.15, 0.2) is 0 Å². The molecular weight excluding hydrogens is 366 g/mol. The van der Waals surface area contributed by atoms with Gasteiger partial charge >= 0.3 is 0 Å². The molecule has 0 aliphatic heterocycles. The first-order valence-electron chi connectivity index (χ1n) is 7.16. The Bertz CT molecular complexity index is 590. The molecule has 0 saturated heterocycles. The van der Waals surface area contributed by atoms with Crippen LogP contribution in [0.15, 0.2) is 46.9 Å². The molecule has 3 nitrogen and oxygen atoms in total. The molecule has 0 fully saturated rings. The van der Waals surface area contributed by atoms with Crippen LogP contribution in [0.25, 0.3) is 0 Å². The summed E-state index contributed by atoms with van der Waals surface area (Å²) >= 11 is 9.37. The lowest BCUT2D eigenvalue weighted by Crippen LogP contribution is -2.16. The Morgan fingerprint density at radius 2 is 1.91 bits per heavy atom. The van der Waals surface area contributed by atoms with E-state index in [1.807, 2.05) is 42.5 Å². The van der Waals surface area contributed by atoms with E-state index in [1.54, 1.807) is 0 Å². The maximum Gasteiger partial charge on any atom is 0.124 e. The third-order valence-corrected chi connectivity index (χ3v) is 3.90. The number of rotatable bonds is 8. The van der Waals surface area contributed by atoms with Gasteiger partial charge in [-0.15, -0.1) is 0 Å². The second kappa shape index (κ2) is 9.16. The summed E-state index contributed by atoms with van der Waals surface area (Å²) in [6.07, 6.45) is 0.745. The number of benzene rings is 2. The quantitative estimate of drug-likeness (QED) is 0.672. The van der Waals surface area contributed by atoms with Gasteiger partial charge in [-0.3, -0.25) is 0 Å². The first kappa shape index (κ1) is 17.3. The zero-order chi connectivity index (χ0) is 15.8. The van der Waals surface area contributed by atoms with E-state index in [2.05, 4.69) is 21.2 Å². The van der Waals surface area contributed by atoms with Gasteiger partial charge in [0.1, 0.15) is 12.4 Å². The second-order valence-electron chi connectivity index (χ2n) is 4.92. The molecule has 0 aliphatic rings. The van der Waals surface area contributed by atoms with Gasteiger partial charge in [0.05, 0.1) is 0 Å². The summed E-state index contributed by atoms with van der Waals surface area (Å²) < 4.78 is 6.94. The van der Waals surface area contributed by atoms with E-state index < -0.39 is 0 Å². The van der Waals surface area contributed by atoms with E-state index in [0.29, 0.717) is 13.2 Å². The molecule has 2 aromatic carbocycles. The molecule has 0 bridgehead atoms. The molecule has 0 atom stereocenters. The molecule has 2 rings (SSSR count). The van der Waals surface area contributed by atoms with Crippen molar-refractivity contribution < 1.29 is 9.84 Å². The summed E-state index contributed by atoms with van der Waals surface area (Å²) in [5, 5.41) is 12.8. The highest BCUT2D eigenvalue weighted by Crippen LogP contribution is 2.24. The zero-order valence-electron chi connectivity index (χ0n) is 12.2. The van der Waals surface area contributed by atoms with E-state index in [0.717, 1.165) is 39.3 Å². The minimum Gasteiger partial charge on any atom is -0.489 e. The largest absolute Gasteiger partial charge is 0.489 e. The molecule has 0 radical (unpaired) electrons. The molecule has 22 heavy (non-hydrogen) atoms. The van der Waals surface area contributed by atoms with Crippen molar-refractivity contribution in [2.24, 2.45) is 0 Å². The molecule has 2 N–H and O–H groups in total. The number of ether oxygens (including phenoxy) is 1. The number of hydrogen-bond donors (Lipinski definition) is 2. The summed E-state index contributed by atoms with van der Waals surface area (Å²) in [6, 6.07) is 13.6. The Balaban J connectivity index is 1.98. The van der Waals surface area contributed by atoms with Crippen molar-refractivity contribution in [3.05, 3.63) is 63.1 Å². The highest BCUT2D eigenvalue weighted by Gasteiger charge is 2.05. The van der Waals surface area contributed by atoms with Crippen molar-refractivity contribution in [1.82, 2.24) is 5.32 Å². The molecule has 5 heteroatoms. The maximum atomic E-state index is 8.81. The average Bonchev–Trinajstić information content (AvgIpc) is 2.52. The monoisotopic (exact) mass is 383 g/mol. The van der Waals surface area contributed by atoms with E-state index >= 15 is 0 Å². The standard InChI is InChI=1S/C17H19BrClNO2/c18-15-4-7-17(14(10-15)11-20-8-1-9-21)22-12-13-2-5-16(19)6-3-13/h2-7,10,20-21H,1,8-9,11-12H2. The lowest BCUT2D eigenvalue weighted by molar-refractivity contribution is 0.285. The van der Waals surface area contributed by atoms with Crippen LogP contribution in [0.1, 0.15) is 17.5 Å². The van der Waals surface area contributed by atoms with E-state index in [4.69, 9.17) is 21.4 Å². The Kier molecular flexibility index (Phi) is 7.19. The van der Waals surface area contributed by atoms with E-state index in [-0.39, 0.29) is 6.61 Å². The minimum atomic E-state index is 0.200. The van der Waals surface area contributed by atoms with Crippen molar-refractivity contribution in [3.63, 3.8) is 0 Å². The zero-order valence-corrected chi connectivity index (χ0v) is 14.5. The molecule has 0 amide bonds. The average molecular weight is 385 g/mol. The third kappa shape index (κ3) is 5.61. The smallest absolute Gasteiger partial charge is 0.124 e. The third-order valence-electron chi connectivity index (χ3n) is 3.16. The highest BCUT2D eigenvalue weighted by atomic mass is 79.9. The lowest BCUT2D eigenvalue weighted by Gasteiger charge is -2.13. The van der Waals surface area contributed by atoms with Gasteiger partial charge in [-0.05, 0) is 48.9 Å². The van der Waals surface area contributed by atoms with Crippen molar-refractivity contribution in [3.8, 4) is 5.75 Å². The molecular formula is C17H19BrClNO2. The lowest BCUT2D eigenvalue weighted by atomic mass is 10.2. The van der Waals surface area contributed by atoms with Gasteiger partial charge in [0, 0.05) is 28.2 Å². The van der Waals surface area contributed by atoms with Crippen LogP contribution < -0.4 is 10.1 Å². The number of nitrogens with one attached hydrogen (secondary N) is 1. The maximum absolute atomic E-state index is 8.81. The van der Waals surface area contributed by atoms with Crippen LogP contribution in [0.5, 0.6) is 5.75 Å². The number of hydrogen-bond acceptors (Lipinski definition) is 3. The van der Waals surface area contributed by atoms with Crippen molar-refractivity contribution in [2.75, 3.05) is 13.2 Å². The Morgan fingerprint density at radius 3 is 2.64 bits per heavy atom. The molecule has 0 heterocycles. The first-order valence-corrected chi connectivity index (χ1v) is 8.33. The van der Waals surface area contributed by atoms with Crippen molar-refractivity contribution >= 4 is 27.5 Å². The molecule has 0 aromatic heterocycles. The molecule has 2 aromatic rings. The number of aliphatic hydroxyl groups is 1. The Hall–Kier alpha value is -1.07. The van der Waals surface area contributed by atoms with Gasteiger partial charge in [-0.2, -0.15) is 0 Å². The minimum absolute atomic E-state index is 0.200. The predicted molar refractivity (Wildman–Crippen MR) is 93.3 cm³/mol. The van der Waals surface area contributed by atoms with Gasteiger partial charge in [0.25, 0.3) is 0 Å².